The van der Waals surface area contributed by atoms with Gasteiger partial charge in [-0.3, -0.25) is 4.79 Å². The van der Waals surface area contributed by atoms with Crippen LogP contribution in [0, 0.1) is 24.6 Å². The predicted octanol–water partition coefficient (Wildman–Crippen LogP) is 1.81. The van der Waals surface area contributed by atoms with Gasteiger partial charge in [-0.2, -0.15) is 0 Å². The van der Waals surface area contributed by atoms with Gasteiger partial charge in [0.2, 0.25) is 0 Å². The highest BCUT2D eigenvalue weighted by atomic mass is 19.1. The molecule has 2 aliphatic rings. The quantitative estimate of drug-likeness (QED) is 0.837. The maximum atomic E-state index is 13.1. The molecule has 0 radical (unpaired) electrons. The Kier molecular flexibility index (Phi) is 3.05. The summed E-state index contributed by atoms with van der Waals surface area (Å²) in [6, 6.07) is 4.66. The van der Waals surface area contributed by atoms with Crippen molar-refractivity contribution in [3.63, 3.8) is 0 Å². The number of nitrogens with zero attached hydrogens (tertiary/aromatic N) is 1. The van der Waals surface area contributed by atoms with E-state index in [4.69, 9.17) is 0 Å². The predicted molar refractivity (Wildman–Crippen MR) is 71.5 cm³/mol. The van der Waals surface area contributed by atoms with Crippen LogP contribution in [0.3, 0.4) is 0 Å². The molecule has 1 aromatic carbocycles. The molecule has 3 rings (SSSR count). The highest BCUT2D eigenvalue weighted by Gasteiger charge is 2.43. The number of carbonyl (C=O) groups excluding carboxylic acids is 1. The Morgan fingerprint density at radius 1 is 1.42 bits per heavy atom. The Labute approximate surface area is 112 Å². The summed E-state index contributed by atoms with van der Waals surface area (Å²) < 4.78 is 13.1. The van der Waals surface area contributed by atoms with Crippen molar-refractivity contribution < 1.29 is 9.18 Å². The van der Waals surface area contributed by atoms with Gasteiger partial charge < -0.3 is 10.2 Å². The van der Waals surface area contributed by atoms with Crippen LogP contribution in [-0.2, 0) is 0 Å². The van der Waals surface area contributed by atoms with Gasteiger partial charge in [0.1, 0.15) is 5.82 Å². The number of fused-ring (bicyclic) bond motifs is 1. The van der Waals surface area contributed by atoms with E-state index in [9.17, 15) is 9.18 Å². The van der Waals surface area contributed by atoms with Gasteiger partial charge in [0.25, 0.3) is 5.91 Å². The van der Waals surface area contributed by atoms with Gasteiger partial charge >= 0.3 is 0 Å². The molecular weight excluding hydrogens is 243 g/mol. The number of amides is 1. The summed E-state index contributed by atoms with van der Waals surface area (Å²) in [4.78, 5) is 14.6. The Morgan fingerprint density at radius 3 is 2.89 bits per heavy atom. The van der Waals surface area contributed by atoms with Crippen molar-refractivity contribution in [3.05, 3.63) is 35.1 Å². The Hall–Kier alpha value is -1.42. The van der Waals surface area contributed by atoms with E-state index in [2.05, 4.69) is 12.2 Å². The van der Waals surface area contributed by atoms with Crippen LogP contribution < -0.4 is 5.32 Å². The zero-order chi connectivity index (χ0) is 13.6. The smallest absolute Gasteiger partial charge is 0.254 e. The van der Waals surface area contributed by atoms with E-state index in [0.717, 1.165) is 19.6 Å². The number of nitrogens with one attached hydrogen (secondary N) is 1. The molecule has 0 aromatic heterocycles. The first kappa shape index (κ1) is 12.6. The van der Waals surface area contributed by atoms with Crippen molar-refractivity contribution >= 4 is 5.91 Å². The fourth-order valence-corrected chi connectivity index (χ4v) is 3.46. The van der Waals surface area contributed by atoms with Crippen molar-refractivity contribution in [2.24, 2.45) is 11.8 Å². The summed E-state index contributed by atoms with van der Waals surface area (Å²) in [5.41, 5.74) is 1.34. The topological polar surface area (TPSA) is 32.3 Å². The average molecular weight is 262 g/mol. The second-order valence-corrected chi connectivity index (χ2v) is 5.74. The van der Waals surface area contributed by atoms with Crippen LogP contribution in [0.25, 0.3) is 0 Å². The summed E-state index contributed by atoms with van der Waals surface area (Å²) in [7, 11) is 0. The number of hydrogen-bond donors (Lipinski definition) is 1. The normalized spacial score (nSPS) is 29.6. The summed E-state index contributed by atoms with van der Waals surface area (Å²) in [6.45, 7) is 6.72. The molecule has 102 valence electrons. The number of carbonyl (C=O) groups is 1. The molecular formula is C15H19FN2O. The number of hydrogen-bond acceptors (Lipinski definition) is 2. The lowest BCUT2D eigenvalue weighted by molar-refractivity contribution is 0.0728. The number of benzene rings is 1. The second kappa shape index (κ2) is 4.60. The molecule has 4 heteroatoms. The molecule has 0 spiro atoms. The number of halogens is 1. The fraction of sp³-hybridized carbons (Fsp3) is 0.533. The highest BCUT2D eigenvalue weighted by Crippen LogP contribution is 2.33. The molecule has 19 heavy (non-hydrogen) atoms. The minimum absolute atomic E-state index is 0.0411. The standard InChI is InChI=1S/C15H19FN2O/c1-9-5-12(16)3-4-13(9)15(19)18-8-11-6-17-7-14(11)10(18)2/h3-5,10-11,14,17H,6-8H2,1-2H3. The monoisotopic (exact) mass is 262 g/mol. The first-order valence-electron chi connectivity index (χ1n) is 6.86. The van der Waals surface area contributed by atoms with Crippen molar-refractivity contribution in [1.29, 1.82) is 0 Å². The SMILES string of the molecule is Cc1cc(F)ccc1C(=O)N1CC2CNCC2C1C. The van der Waals surface area contributed by atoms with Gasteiger partial charge in [0, 0.05) is 31.2 Å². The molecule has 3 atom stereocenters. The molecule has 0 bridgehead atoms. The molecule has 1 N–H and O–H groups in total. The van der Waals surface area contributed by atoms with Gasteiger partial charge in [-0.15, -0.1) is 0 Å². The maximum absolute atomic E-state index is 13.1. The van der Waals surface area contributed by atoms with Crippen LogP contribution in [0.4, 0.5) is 4.39 Å². The molecule has 3 nitrogen and oxygen atoms in total. The fourth-order valence-electron chi connectivity index (χ4n) is 3.46. The highest BCUT2D eigenvalue weighted by molar-refractivity contribution is 5.96. The van der Waals surface area contributed by atoms with Crippen LogP contribution in [0.15, 0.2) is 18.2 Å². The van der Waals surface area contributed by atoms with E-state index >= 15 is 0 Å². The Balaban J connectivity index is 1.84. The van der Waals surface area contributed by atoms with E-state index in [-0.39, 0.29) is 17.8 Å². The lowest BCUT2D eigenvalue weighted by Crippen LogP contribution is -2.38. The Morgan fingerprint density at radius 2 is 2.21 bits per heavy atom. The summed E-state index contributed by atoms with van der Waals surface area (Å²) in [6.07, 6.45) is 0. The van der Waals surface area contributed by atoms with E-state index < -0.39 is 0 Å². The summed E-state index contributed by atoms with van der Waals surface area (Å²) >= 11 is 0. The lowest BCUT2D eigenvalue weighted by atomic mass is 9.95. The van der Waals surface area contributed by atoms with Gasteiger partial charge in [-0.1, -0.05) is 0 Å². The minimum Gasteiger partial charge on any atom is -0.335 e. The summed E-state index contributed by atoms with van der Waals surface area (Å²) in [5, 5.41) is 3.39. The van der Waals surface area contributed by atoms with Crippen molar-refractivity contribution in [3.8, 4) is 0 Å². The number of likely N-dealkylation sites (tertiary alicyclic amines) is 1. The van der Waals surface area contributed by atoms with E-state index in [1.54, 1.807) is 13.0 Å². The molecule has 2 fully saturated rings. The molecule has 1 amide bonds. The van der Waals surface area contributed by atoms with Crippen LogP contribution >= 0.6 is 0 Å². The van der Waals surface area contributed by atoms with Crippen molar-refractivity contribution in [2.75, 3.05) is 19.6 Å². The maximum Gasteiger partial charge on any atom is 0.254 e. The third-order valence-electron chi connectivity index (χ3n) is 4.61. The zero-order valence-electron chi connectivity index (χ0n) is 11.3. The second-order valence-electron chi connectivity index (χ2n) is 5.74. The van der Waals surface area contributed by atoms with Gasteiger partial charge in [-0.05, 0) is 49.4 Å². The first-order valence-corrected chi connectivity index (χ1v) is 6.86. The molecule has 2 heterocycles. The number of rotatable bonds is 1. The Bertz CT molecular complexity index is 517. The van der Waals surface area contributed by atoms with E-state index in [1.165, 1.54) is 12.1 Å². The van der Waals surface area contributed by atoms with Crippen LogP contribution in [0.2, 0.25) is 0 Å². The lowest BCUT2D eigenvalue weighted by Gasteiger charge is -2.25. The van der Waals surface area contributed by atoms with E-state index in [1.807, 2.05) is 4.90 Å². The largest absolute Gasteiger partial charge is 0.335 e. The molecule has 0 aliphatic carbocycles. The molecule has 1 aromatic rings. The van der Waals surface area contributed by atoms with Gasteiger partial charge in [0.05, 0.1) is 0 Å². The zero-order valence-corrected chi connectivity index (χ0v) is 11.3. The molecule has 2 aliphatic heterocycles. The van der Waals surface area contributed by atoms with Gasteiger partial charge in [0.15, 0.2) is 0 Å². The average Bonchev–Trinajstić information content (AvgIpc) is 2.92. The first-order chi connectivity index (χ1) is 9.08. The van der Waals surface area contributed by atoms with E-state index in [0.29, 0.717) is 23.0 Å². The molecule has 0 saturated carbocycles. The van der Waals surface area contributed by atoms with Crippen LogP contribution in [0.5, 0.6) is 0 Å². The third-order valence-corrected chi connectivity index (χ3v) is 4.61. The van der Waals surface area contributed by atoms with Crippen LogP contribution in [-0.4, -0.2) is 36.5 Å². The molecule has 2 saturated heterocycles. The van der Waals surface area contributed by atoms with Crippen molar-refractivity contribution in [1.82, 2.24) is 10.2 Å². The van der Waals surface area contributed by atoms with Crippen molar-refractivity contribution in [2.45, 2.75) is 19.9 Å². The third kappa shape index (κ3) is 2.04. The van der Waals surface area contributed by atoms with Crippen LogP contribution in [0.1, 0.15) is 22.8 Å². The van der Waals surface area contributed by atoms with Gasteiger partial charge in [-0.25, -0.2) is 4.39 Å². The number of aryl methyl sites for hydroxylation is 1. The molecule has 3 unspecified atom stereocenters. The summed E-state index contributed by atoms with van der Waals surface area (Å²) in [5.74, 6) is 0.883. The minimum atomic E-state index is -0.287.